The molecule has 0 saturated heterocycles. The first kappa shape index (κ1) is 14.4. The predicted molar refractivity (Wildman–Crippen MR) is 80.5 cm³/mol. The molecule has 2 aromatic carbocycles. The van der Waals surface area contributed by atoms with Gasteiger partial charge in [0, 0.05) is 0 Å². The zero-order valence-electron chi connectivity index (χ0n) is 12.0. The predicted octanol–water partition coefficient (Wildman–Crippen LogP) is 2.09. The molecule has 1 heterocycles. The van der Waals surface area contributed by atoms with Crippen molar-refractivity contribution in [1.82, 2.24) is 0 Å². The van der Waals surface area contributed by atoms with Gasteiger partial charge in [-0.15, -0.1) is 0 Å². The van der Waals surface area contributed by atoms with Gasteiger partial charge in [-0.3, -0.25) is 10.0 Å². The summed E-state index contributed by atoms with van der Waals surface area (Å²) >= 11 is 0. The van der Waals surface area contributed by atoms with Crippen LogP contribution in [-0.4, -0.2) is 24.3 Å². The van der Waals surface area contributed by atoms with Crippen LogP contribution in [-0.2, 0) is 11.2 Å². The molecule has 0 spiro atoms. The van der Waals surface area contributed by atoms with Crippen LogP contribution in [0.1, 0.15) is 5.56 Å². The van der Waals surface area contributed by atoms with Gasteiger partial charge in [0.05, 0.1) is 18.8 Å². The summed E-state index contributed by atoms with van der Waals surface area (Å²) in [6.45, 7) is 0. The zero-order chi connectivity index (χ0) is 15.7. The van der Waals surface area contributed by atoms with Gasteiger partial charge in [0.15, 0.2) is 0 Å². The Balaban J connectivity index is 1.84. The lowest BCUT2D eigenvalue weighted by Crippen LogP contribution is -2.47. The normalized spacial score (nSPS) is 17.1. The van der Waals surface area contributed by atoms with E-state index in [1.54, 1.807) is 49.6 Å². The second-order valence-corrected chi connectivity index (χ2v) is 5.03. The third-order valence-electron chi connectivity index (χ3n) is 3.54. The maximum atomic E-state index is 11.6. The first-order valence-electron chi connectivity index (χ1n) is 6.82. The second-order valence-electron chi connectivity index (χ2n) is 5.03. The lowest BCUT2D eigenvalue weighted by Gasteiger charge is -2.27. The van der Waals surface area contributed by atoms with Crippen LogP contribution in [0.4, 0.5) is 5.69 Å². The van der Waals surface area contributed by atoms with Crippen LogP contribution in [0.2, 0.25) is 0 Å². The molecule has 0 fully saturated rings. The van der Waals surface area contributed by atoms with E-state index in [2.05, 4.69) is 0 Å². The fourth-order valence-corrected chi connectivity index (χ4v) is 2.38. The smallest absolute Gasteiger partial charge is 0.267 e. The van der Waals surface area contributed by atoms with E-state index in [1.165, 1.54) is 0 Å². The Labute approximate surface area is 127 Å². The summed E-state index contributed by atoms with van der Waals surface area (Å²) in [5, 5.41) is 10.4. The van der Waals surface area contributed by atoms with E-state index in [0.717, 1.165) is 11.3 Å². The molecule has 0 aliphatic carbocycles. The van der Waals surface area contributed by atoms with Crippen molar-refractivity contribution in [3.63, 3.8) is 0 Å². The lowest BCUT2D eigenvalue weighted by atomic mass is 9.99. The van der Waals surface area contributed by atoms with E-state index in [4.69, 9.17) is 15.2 Å². The molecule has 6 heteroatoms. The number of anilines is 1. The third-order valence-corrected chi connectivity index (χ3v) is 3.54. The molecule has 1 amide bonds. The minimum Gasteiger partial charge on any atom is -0.497 e. The molecule has 0 bridgehead atoms. The van der Waals surface area contributed by atoms with Crippen molar-refractivity contribution in [2.45, 2.75) is 12.5 Å². The Morgan fingerprint density at radius 3 is 2.45 bits per heavy atom. The van der Waals surface area contributed by atoms with Gasteiger partial charge < -0.3 is 15.2 Å². The van der Waals surface area contributed by atoms with Crippen molar-refractivity contribution >= 4 is 11.6 Å². The standard InChI is InChI=1S/C16H16N2O4/c1-21-11-2-4-12(5-3-11)22-13-6-7-15-10(8-13)9-14(17)16(19)18(15)20/h2-8,14,20H,9,17H2,1H3. The molecule has 2 aromatic rings. The Morgan fingerprint density at radius 2 is 1.77 bits per heavy atom. The van der Waals surface area contributed by atoms with E-state index in [1.807, 2.05) is 0 Å². The summed E-state index contributed by atoms with van der Waals surface area (Å²) in [5.74, 6) is 1.52. The summed E-state index contributed by atoms with van der Waals surface area (Å²) in [6, 6.07) is 11.6. The van der Waals surface area contributed by atoms with Crippen LogP contribution in [0.25, 0.3) is 0 Å². The number of benzene rings is 2. The number of hydrogen-bond acceptors (Lipinski definition) is 5. The number of nitrogens with zero attached hydrogens (tertiary/aromatic N) is 1. The minimum absolute atomic E-state index is 0.366. The maximum absolute atomic E-state index is 11.6. The Bertz CT molecular complexity index is 700. The van der Waals surface area contributed by atoms with Gasteiger partial charge in [0.1, 0.15) is 17.2 Å². The quantitative estimate of drug-likeness (QED) is 0.848. The second kappa shape index (κ2) is 5.67. The average molecular weight is 300 g/mol. The van der Waals surface area contributed by atoms with E-state index >= 15 is 0 Å². The highest BCUT2D eigenvalue weighted by Crippen LogP contribution is 2.32. The van der Waals surface area contributed by atoms with E-state index in [0.29, 0.717) is 28.7 Å². The summed E-state index contributed by atoms with van der Waals surface area (Å²) in [4.78, 5) is 11.6. The Morgan fingerprint density at radius 1 is 1.14 bits per heavy atom. The first-order chi connectivity index (χ1) is 10.6. The van der Waals surface area contributed by atoms with Crippen LogP contribution in [0.15, 0.2) is 42.5 Å². The zero-order valence-corrected chi connectivity index (χ0v) is 12.0. The molecular formula is C16H16N2O4. The van der Waals surface area contributed by atoms with E-state index < -0.39 is 11.9 Å². The van der Waals surface area contributed by atoms with Crippen molar-refractivity contribution in [2.75, 3.05) is 12.2 Å². The molecule has 3 rings (SSSR count). The molecule has 114 valence electrons. The Hall–Kier alpha value is -2.57. The molecule has 3 N–H and O–H groups in total. The van der Waals surface area contributed by atoms with Gasteiger partial charge in [-0.2, -0.15) is 5.06 Å². The number of hydroxylamine groups is 1. The number of carbonyl (C=O) groups excluding carboxylic acids is 1. The van der Waals surface area contributed by atoms with Crippen LogP contribution in [0.5, 0.6) is 17.2 Å². The number of ether oxygens (including phenoxy) is 2. The number of amides is 1. The fourth-order valence-electron chi connectivity index (χ4n) is 2.38. The van der Waals surface area contributed by atoms with Crippen LogP contribution in [0, 0.1) is 0 Å². The Kier molecular flexibility index (Phi) is 3.70. The molecular weight excluding hydrogens is 284 g/mol. The molecule has 0 saturated carbocycles. The summed E-state index contributed by atoms with van der Waals surface area (Å²) in [6.07, 6.45) is 0.366. The van der Waals surface area contributed by atoms with Crippen molar-refractivity contribution in [2.24, 2.45) is 5.73 Å². The highest BCUT2D eigenvalue weighted by Gasteiger charge is 2.29. The van der Waals surface area contributed by atoms with E-state index in [-0.39, 0.29) is 0 Å². The average Bonchev–Trinajstić information content (AvgIpc) is 2.53. The van der Waals surface area contributed by atoms with Crippen molar-refractivity contribution in [3.8, 4) is 17.2 Å². The highest BCUT2D eigenvalue weighted by molar-refractivity contribution is 5.98. The summed E-state index contributed by atoms with van der Waals surface area (Å²) < 4.78 is 10.9. The SMILES string of the molecule is COc1ccc(Oc2ccc3c(c2)CC(N)C(=O)N3O)cc1. The molecule has 1 unspecified atom stereocenters. The summed E-state index contributed by atoms with van der Waals surface area (Å²) in [7, 11) is 1.60. The topological polar surface area (TPSA) is 85.0 Å². The van der Waals surface area contributed by atoms with Crippen molar-refractivity contribution < 1.29 is 19.5 Å². The number of methoxy groups -OCH3 is 1. The third kappa shape index (κ3) is 2.61. The van der Waals surface area contributed by atoms with Crippen LogP contribution >= 0.6 is 0 Å². The molecule has 0 radical (unpaired) electrons. The van der Waals surface area contributed by atoms with Gasteiger partial charge in [0.25, 0.3) is 5.91 Å². The number of nitrogens with two attached hydrogens (primary N) is 1. The van der Waals surface area contributed by atoms with Crippen molar-refractivity contribution in [3.05, 3.63) is 48.0 Å². The number of fused-ring (bicyclic) bond motifs is 1. The molecule has 1 aliphatic rings. The van der Waals surface area contributed by atoms with Gasteiger partial charge in [-0.1, -0.05) is 0 Å². The maximum Gasteiger partial charge on any atom is 0.267 e. The fraction of sp³-hybridized carbons (Fsp3) is 0.188. The van der Waals surface area contributed by atoms with Gasteiger partial charge >= 0.3 is 0 Å². The molecule has 22 heavy (non-hydrogen) atoms. The van der Waals surface area contributed by atoms with Crippen LogP contribution in [0.3, 0.4) is 0 Å². The molecule has 1 aliphatic heterocycles. The number of hydrogen-bond donors (Lipinski definition) is 2. The highest BCUT2D eigenvalue weighted by atomic mass is 16.5. The molecule has 6 nitrogen and oxygen atoms in total. The molecule has 1 atom stereocenters. The van der Waals surface area contributed by atoms with Gasteiger partial charge in [-0.05, 0) is 54.4 Å². The van der Waals surface area contributed by atoms with E-state index in [9.17, 15) is 10.0 Å². The van der Waals surface area contributed by atoms with Gasteiger partial charge in [-0.25, -0.2) is 0 Å². The van der Waals surface area contributed by atoms with Crippen molar-refractivity contribution in [1.29, 1.82) is 0 Å². The van der Waals surface area contributed by atoms with Crippen LogP contribution < -0.4 is 20.3 Å². The first-order valence-corrected chi connectivity index (χ1v) is 6.82. The minimum atomic E-state index is -0.742. The monoisotopic (exact) mass is 300 g/mol. The summed E-state index contributed by atoms with van der Waals surface area (Å²) in [5.41, 5.74) is 6.92. The largest absolute Gasteiger partial charge is 0.497 e. The van der Waals surface area contributed by atoms with Gasteiger partial charge in [0.2, 0.25) is 0 Å². The number of carbonyl (C=O) groups is 1. The lowest BCUT2D eigenvalue weighted by molar-refractivity contribution is -0.125. The number of rotatable bonds is 3. The molecule has 0 aromatic heterocycles.